The van der Waals surface area contributed by atoms with Gasteiger partial charge < -0.3 is 9.26 Å². The quantitative estimate of drug-likeness (QED) is 0.719. The zero-order chi connectivity index (χ0) is 17.1. The first kappa shape index (κ1) is 16.7. The minimum atomic E-state index is -0.199. The highest BCUT2D eigenvalue weighted by molar-refractivity contribution is 5.69. The molecule has 0 bridgehead atoms. The standard InChI is InChI=1S/C19H24N2O3/c1-12(2)14-4-6-15(7-5-14)19-20-17(24-21-19)8-9-18(22)23-11-16-10-13(16)3/h4-7,12-13,16H,8-11H2,1-3H3. The molecular formula is C19H24N2O3. The van der Waals surface area contributed by atoms with Gasteiger partial charge in [0.25, 0.3) is 0 Å². The molecule has 2 atom stereocenters. The van der Waals surface area contributed by atoms with Crippen molar-refractivity contribution in [2.75, 3.05) is 6.61 Å². The average Bonchev–Trinajstić information content (AvgIpc) is 3.09. The maximum atomic E-state index is 11.7. The maximum Gasteiger partial charge on any atom is 0.306 e. The molecule has 1 heterocycles. The first-order chi connectivity index (χ1) is 11.5. The molecule has 1 aliphatic carbocycles. The molecule has 5 heteroatoms. The second-order valence-corrected chi connectivity index (χ2v) is 6.94. The summed E-state index contributed by atoms with van der Waals surface area (Å²) < 4.78 is 10.5. The van der Waals surface area contributed by atoms with E-state index in [2.05, 4.69) is 43.0 Å². The van der Waals surface area contributed by atoms with Crippen molar-refractivity contribution in [2.45, 2.75) is 46.0 Å². The molecule has 1 aromatic heterocycles. The summed E-state index contributed by atoms with van der Waals surface area (Å²) in [4.78, 5) is 16.1. The van der Waals surface area contributed by atoms with Gasteiger partial charge in [-0.15, -0.1) is 0 Å². The molecule has 3 rings (SSSR count). The summed E-state index contributed by atoms with van der Waals surface area (Å²) in [5.41, 5.74) is 2.19. The van der Waals surface area contributed by atoms with Crippen molar-refractivity contribution in [2.24, 2.45) is 11.8 Å². The highest BCUT2D eigenvalue weighted by Crippen LogP contribution is 2.37. The molecule has 0 radical (unpaired) electrons. The summed E-state index contributed by atoms with van der Waals surface area (Å²) >= 11 is 0. The molecule has 1 saturated carbocycles. The zero-order valence-electron chi connectivity index (χ0n) is 14.5. The second kappa shape index (κ2) is 7.16. The third-order valence-corrected chi connectivity index (χ3v) is 4.58. The van der Waals surface area contributed by atoms with Gasteiger partial charge >= 0.3 is 5.97 Å². The van der Waals surface area contributed by atoms with Crippen molar-refractivity contribution in [3.8, 4) is 11.4 Å². The van der Waals surface area contributed by atoms with Crippen molar-refractivity contribution in [3.63, 3.8) is 0 Å². The maximum absolute atomic E-state index is 11.7. The Hall–Kier alpha value is -2.17. The topological polar surface area (TPSA) is 65.2 Å². The Kier molecular flexibility index (Phi) is 4.97. The summed E-state index contributed by atoms with van der Waals surface area (Å²) in [5, 5.41) is 3.99. The molecule has 0 aliphatic heterocycles. The normalized spacial score (nSPS) is 19.5. The molecule has 0 N–H and O–H groups in total. The predicted octanol–water partition coefficient (Wildman–Crippen LogP) is 3.99. The summed E-state index contributed by atoms with van der Waals surface area (Å²) in [6, 6.07) is 8.14. The van der Waals surface area contributed by atoms with Crippen LogP contribution in [-0.4, -0.2) is 22.7 Å². The molecule has 0 spiro atoms. The number of rotatable bonds is 7. The van der Waals surface area contributed by atoms with Gasteiger partial charge in [0.15, 0.2) is 0 Å². The van der Waals surface area contributed by atoms with Crippen LogP contribution < -0.4 is 0 Å². The number of aryl methyl sites for hydroxylation is 1. The average molecular weight is 328 g/mol. The van der Waals surface area contributed by atoms with E-state index < -0.39 is 0 Å². The van der Waals surface area contributed by atoms with Gasteiger partial charge in [-0.3, -0.25) is 4.79 Å². The minimum absolute atomic E-state index is 0.199. The van der Waals surface area contributed by atoms with Gasteiger partial charge in [0.1, 0.15) is 0 Å². The molecule has 1 fully saturated rings. The fourth-order valence-electron chi connectivity index (χ4n) is 2.60. The molecule has 1 aromatic carbocycles. The van der Waals surface area contributed by atoms with Crippen molar-refractivity contribution in [3.05, 3.63) is 35.7 Å². The van der Waals surface area contributed by atoms with Crippen LogP contribution in [-0.2, 0) is 16.0 Å². The van der Waals surface area contributed by atoms with Gasteiger partial charge in [-0.2, -0.15) is 4.98 Å². The molecular weight excluding hydrogens is 304 g/mol. The molecule has 5 nitrogen and oxygen atoms in total. The summed E-state index contributed by atoms with van der Waals surface area (Å²) in [5.74, 6) is 2.56. The van der Waals surface area contributed by atoms with E-state index in [1.807, 2.05) is 12.1 Å². The fraction of sp³-hybridized carbons (Fsp3) is 0.526. The highest BCUT2D eigenvalue weighted by atomic mass is 16.5. The van der Waals surface area contributed by atoms with Crippen LogP contribution in [0.15, 0.2) is 28.8 Å². The van der Waals surface area contributed by atoms with Gasteiger partial charge in [-0.05, 0) is 29.7 Å². The highest BCUT2D eigenvalue weighted by Gasteiger charge is 2.33. The Bertz CT molecular complexity index is 691. The lowest BCUT2D eigenvalue weighted by atomic mass is 10.0. The summed E-state index contributed by atoms with van der Waals surface area (Å²) in [7, 11) is 0. The number of hydrogen-bond acceptors (Lipinski definition) is 5. The first-order valence-electron chi connectivity index (χ1n) is 8.61. The molecule has 128 valence electrons. The van der Waals surface area contributed by atoms with Gasteiger partial charge in [0.05, 0.1) is 13.0 Å². The Balaban J connectivity index is 1.50. The zero-order valence-corrected chi connectivity index (χ0v) is 14.5. The largest absolute Gasteiger partial charge is 0.465 e. The lowest BCUT2D eigenvalue weighted by Gasteiger charge is -2.04. The predicted molar refractivity (Wildman–Crippen MR) is 90.4 cm³/mol. The van der Waals surface area contributed by atoms with E-state index in [0.717, 1.165) is 12.0 Å². The molecule has 0 amide bonds. The van der Waals surface area contributed by atoms with E-state index in [4.69, 9.17) is 9.26 Å². The molecule has 0 saturated heterocycles. The van der Waals surface area contributed by atoms with Crippen molar-refractivity contribution >= 4 is 5.97 Å². The number of benzene rings is 1. The van der Waals surface area contributed by atoms with Crippen LogP contribution in [0.1, 0.15) is 51.0 Å². The number of nitrogens with zero attached hydrogens (tertiary/aromatic N) is 2. The van der Waals surface area contributed by atoms with Gasteiger partial charge in [-0.1, -0.05) is 50.2 Å². The third-order valence-electron chi connectivity index (χ3n) is 4.58. The van der Waals surface area contributed by atoms with E-state index in [1.165, 1.54) is 5.56 Å². The van der Waals surface area contributed by atoms with E-state index in [0.29, 0.717) is 42.5 Å². The van der Waals surface area contributed by atoms with E-state index >= 15 is 0 Å². The molecule has 1 aliphatic rings. The van der Waals surface area contributed by atoms with E-state index in [9.17, 15) is 4.79 Å². The van der Waals surface area contributed by atoms with Crippen LogP contribution >= 0.6 is 0 Å². The number of carbonyl (C=O) groups is 1. The molecule has 2 unspecified atom stereocenters. The van der Waals surface area contributed by atoms with Crippen molar-refractivity contribution < 1.29 is 14.1 Å². The van der Waals surface area contributed by atoms with Crippen LogP contribution in [0.2, 0.25) is 0 Å². The smallest absolute Gasteiger partial charge is 0.306 e. The van der Waals surface area contributed by atoms with E-state index in [1.54, 1.807) is 0 Å². The third kappa shape index (κ3) is 4.22. The number of hydrogen-bond donors (Lipinski definition) is 0. The second-order valence-electron chi connectivity index (χ2n) is 6.94. The van der Waals surface area contributed by atoms with Crippen LogP contribution in [0, 0.1) is 11.8 Å². The molecule has 24 heavy (non-hydrogen) atoms. The number of carbonyl (C=O) groups excluding carboxylic acids is 1. The SMILES string of the molecule is CC(C)c1ccc(-c2noc(CCC(=O)OCC3CC3C)n2)cc1. The van der Waals surface area contributed by atoms with Crippen molar-refractivity contribution in [1.82, 2.24) is 10.1 Å². The Morgan fingerprint density at radius 1 is 1.33 bits per heavy atom. The lowest BCUT2D eigenvalue weighted by molar-refractivity contribution is -0.144. The number of aromatic nitrogens is 2. The monoisotopic (exact) mass is 328 g/mol. The number of ether oxygens (including phenoxy) is 1. The Morgan fingerprint density at radius 2 is 2.04 bits per heavy atom. The summed E-state index contributed by atoms with van der Waals surface area (Å²) in [6.45, 7) is 7.03. The summed E-state index contributed by atoms with van der Waals surface area (Å²) in [6.07, 6.45) is 1.85. The number of esters is 1. The Labute approximate surface area is 142 Å². The van der Waals surface area contributed by atoms with Gasteiger partial charge in [0, 0.05) is 12.0 Å². The van der Waals surface area contributed by atoms with Gasteiger partial charge in [-0.25, -0.2) is 0 Å². The van der Waals surface area contributed by atoms with Crippen molar-refractivity contribution in [1.29, 1.82) is 0 Å². The van der Waals surface area contributed by atoms with Crippen LogP contribution in [0.3, 0.4) is 0 Å². The Morgan fingerprint density at radius 3 is 2.67 bits per heavy atom. The lowest BCUT2D eigenvalue weighted by Crippen LogP contribution is -2.08. The van der Waals surface area contributed by atoms with Crippen LogP contribution in [0.25, 0.3) is 11.4 Å². The fourth-order valence-corrected chi connectivity index (χ4v) is 2.60. The molecule has 2 aromatic rings. The van der Waals surface area contributed by atoms with Crippen LogP contribution in [0.5, 0.6) is 0 Å². The van der Waals surface area contributed by atoms with Crippen LogP contribution in [0.4, 0.5) is 0 Å². The van der Waals surface area contributed by atoms with E-state index in [-0.39, 0.29) is 12.4 Å². The first-order valence-corrected chi connectivity index (χ1v) is 8.61. The van der Waals surface area contributed by atoms with Gasteiger partial charge in [0.2, 0.25) is 11.7 Å². The minimum Gasteiger partial charge on any atom is -0.465 e.